The maximum atomic E-state index is 12.4. The fourth-order valence-corrected chi connectivity index (χ4v) is 3.57. The van der Waals surface area contributed by atoms with E-state index in [1.165, 1.54) is 0 Å². The normalized spacial score (nSPS) is 26.5. The molecule has 1 saturated heterocycles. The first-order valence-electron chi connectivity index (χ1n) is 7.35. The van der Waals surface area contributed by atoms with Crippen LogP contribution in [0.3, 0.4) is 0 Å². The summed E-state index contributed by atoms with van der Waals surface area (Å²) in [6.07, 6.45) is 2.21. The molecule has 0 spiro atoms. The quantitative estimate of drug-likeness (QED) is 0.944. The zero-order valence-corrected chi connectivity index (χ0v) is 12.9. The molecule has 1 aromatic carbocycles. The number of benzene rings is 1. The van der Waals surface area contributed by atoms with Crippen molar-refractivity contribution in [3.8, 4) is 5.75 Å². The van der Waals surface area contributed by atoms with Gasteiger partial charge in [-0.3, -0.25) is 4.79 Å². The second kappa shape index (κ2) is 5.18. The summed E-state index contributed by atoms with van der Waals surface area (Å²) in [5.74, 6) is 1.04. The third kappa shape index (κ3) is 2.16. The van der Waals surface area contributed by atoms with Crippen LogP contribution in [-0.2, 0) is 4.74 Å². The third-order valence-corrected chi connectivity index (χ3v) is 4.79. The molecule has 0 bridgehead atoms. The predicted octanol–water partition coefficient (Wildman–Crippen LogP) is 3.00. The first-order chi connectivity index (χ1) is 10.7. The monoisotopic (exact) mass is 321 g/mol. The Morgan fingerprint density at radius 1 is 1.41 bits per heavy atom. The molecule has 2 aliphatic rings. The van der Waals surface area contributed by atoms with E-state index < -0.39 is 0 Å². The lowest BCUT2D eigenvalue weighted by Crippen LogP contribution is -2.53. The predicted molar refractivity (Wildman–Crippen MR) is 81.5 cm³/mol. The summed E-state index contributed by atoms with van der Waals surface area (Å²) in [5.41, 5.74) is 0.535. The van der Waals surface area contributed by atoms with Crippen molar-refractivity contribution < 1.29 is 18.7 Å². The van der Waals surface area contributed by atoms with E-state index in [0.717, 1.165) is 24.8 Å². The van der Waals surface area contributed by atoms with Crippen LogP contribution >= 0.6 is 11.6 Å². The molecule has 1 N–H and O–H groups in total. The zero-order valence-electron chi connectivity index (χ0n) is 12.1. The van der Waals surface area contributed by atoms with E-state index in [0.29, 0.717) is 28.4 Å². The molecule has 1 aromatic heterocycles. The van der Waals surface area contributed by atoms with Gasteiger partial charge in [0.05, 0.1) is 13.2 Å². The highest BCUT2D eigenvalue weighted by Gasteiger charge is 2.46. The molecule has 4 rings (SSSR count). The number of fused-ring (bicyclic) bond motifs is 2. The Morgan fingerprint density at radius 3 is 3.05 bits per heavy atom. The van der Waals surface area contributed by atoms with Gasteiger partial charge in [-0.15, -0.1) is 0 Å². The van der Waals surface area contributed by atoms with Crippen molar-refractivity contribution in [1.29, 1.82) is 0 Å². The summed E-state index contributed by atoms with van der Waals surface area (Å²) in [5, 5.41) is 4.33. The first kappa shape index (κ1) is 13.9. The third-order valence-electron chi connectivity index (χ3n) is 4.57. The van der Waals surface area contributed by atoms with Gasteiger partial charge >= 0.3 is 0 Å². The Balaban J connectivity index is 1.57. The maximum Gasteiger partial charge on any atom is 0.287 e. The molecular weight excluding hydrogens is 306 g/mol. The summed E-state index contributed by atoms with van der Waals surface area (Å²) in [6.45, 7) is 0.794. The standard InChI is InChI=1S/C16H16ClNO4/c1-20-13-6-9(17)4-8-5-14(22-15(8)13)16(19)18-11-7-12-10(11)2-3-21-12/h4-6,10-12H,2-3,7H2,1H3,(H,18,19)/t10-,11+,12+/m1/s1. The van der Waals surface area contributed by atoms with E-state index in [2.05, 4.69) is 5.32 Å². The van der Waals surface area contributed by atoms with Crippen LogP contribution in [-0.4, -0.2) is 31.8 Å². The molecule has 22 heavy (non-hydrogen) atoms. The van der Waals surface area contributed by atoms with E-state index in [1.807, 2.05) is 0 Å². The Kier molecular flexibility index (Phi) is 3.27. The van der Waals surface area contributed by atoms with Crippen LogP contribution in [0.5, 0.6) is 5.75 Å². The Labute approximate surface area is 132 Å². The molecule has 2 fully saturated rings. The van der Waals surface area contributed by atoms with Crippen LogP contribution < -0.4 is 10.1 Å². The van der Waals surface area contributed by atoms with Crippen molar-refractivity contribution in [1.82, 2.24) is 5.32 Å². The van der Waals surface area contributed by atoms with E-state index in [9.17, 15) is 4.79 Å². The van der Waals surface area contributed by atoms with Crippen LogP contribution in [0.1, 0.15) is 23.4 Å². The fourth-order valence-electron chi connectivity index (χ4n) is 3.35. The summed E-state index contributed by atoms with van der Waals surface area (Å²) < 4.78 is 16.5. The van der Waals surface area contributed by atoms with Crippen molar-refractivity contribution >= 4 is 28.5 Å². The molecule has 2 heterocycles. The van der Waals surface area contributed by atoms with Crippen molar-refractivity contribution in [2.45, 2.75) is 25.0 Å². The molecule has 5 nitrogen and oxygen atoms in total. The van der Waals surface area contributed by atoms with E-state index >= 15 is 0 Å². The minimum absolute atomic E-state index is 0.179. The highest BCUT2D eigenvalue weighted by Crippen LogP contribution is 2.39. The molecule has 1 aliphatic carbocycles. The highest BCUT2D eigenvalue weighted by molar-refractivity contribution is 6.31. The number of ether oxygens (including phenoxy) is 2. The van der Waals surface area contributed by atoms with Gasteiger partial charge in [-0.1, -0.05) is 11.6 Å². The van der Waals surface area contributed by atoms with Crippen molar-refractivity contribution in [3.63, 3.8) is 0 Å². The van der Waals surface area contributed by atoms with Crippen LogP contribution in [0.15, 0.2) is 22.6 Å². The molecule has 1 saturated carbocycles. The van der Waals surface area contributed by atoms with Gasteiger partial charge < -0.3 is 19.2 Å². The van der Waals surface area contributed by atoms with Crippen molar-refractivity contribution in [3.05, 3.63) is 29.0 Å². The fraction of sp³-hybridized carbons (Fsp3) is 0.438. The summed E-state index contributed by atoms with van der Waals surface area (Å²) in [6, 6.07) is 5.30. The number of methoxy groups -OCH3 is 1. The minimum Gasteiger partial charge on any atom is -0.493 e. The first-order valence-corrected chi connectivity index (χ1v) is 7.73. The van der Waals surface area contributed by atoms with E-state index in [-0.39, 0.29) is 17.7 Å². The number of furan rings is 1. The average Bonchev–Trinajstić information content (AvgIpc) is 3.07. The van der Waals surface area contributed by atoms with Gasteiger partial charge in [0.1, 0.15) is 0 Å². The number of carbonyl (C=O) groups is 1. The molecule has 6 heteroatoms. The van der Waals surface area contributed by atoms with Gasteiger partial charge in [0.15, 0.2) is 17.1 Å². The smallest absolute Gasteiger partial charge is 0.287 e. The molecule has 0 radical (unpaired) electrons. The summed E-state index contributed by atoms with van der Waals surface area (Å²) in [7, 11) is 1.54. The van der Waals surface area contributed by atoms with Gasteiger partial charge in [-0.05, 0) is 25.0 Å². The number of carbonyl (C=O) groups excluding carboxylic acids is 1. The average molecular weight is 322 g/mol. The second-order valence-electron chi connectivity index (χ2n) is 5.81. The van der Waals surface area contributed by atoms with Crippen LogP contribution in [0.4, 0.5) is 0 Å². The van der Waals surface area contributed by atoms with Gasteiger partial charge in [-0.25, -0.2) is 0 Å². The summed E-state index contributed by atoms with van der Waals surface area (Å²) in [4.78, 5) is 12.4. The number of hydrogen-bond acceptors (Lipinski definition) is 4. The lowest BCUT2D eigenvalue weighted by Gasteiger charge is -2.39. The largest absolute Gasteiger partial charge is 0.493 e. The van der Waals surface area contributed by atoms with Gasteiger partial charge in [0.25, 0.3) is 5.91 Å². The molecule has 1 aliphatic heterocycles. The lowest BCUT2D eigenvalue weighted by molar-refractivity contribution is 0.00775. The Morgan fingerprint density at radius 2 is 2.27 bits per heavy atom. The SMILES string of the molecule is COc1cc(Cl)cc2cc(C(=O)N[C@H]3C[C@@H]4OCC[C@H]34)oc12. The molecule has 1 amide bonds. The maximum absolute atomic E-state index is 12.4. The minimum atomic E-state index is -0.204. The van der Waals surface area contributed by atoms with E-state index in [4.69, 9.17) is 25.5 Å². The second-order valence-corrected chi connectivity index (χ2v) is 6.25. The topological polar surface area (TPSA) is 60.7 Å². The molecule has 3 atom stereocenters. The molecule has 0 unspecified atom stereocenters. The van der Waals surface area contributed by atoms with Crippen molar-refractivity contribution in [2.75, 3.05) is 13.7 Å². The molecule has 2 aromatic rings. The zero-order chi connectivity index (χ0) is 15.3. The number of rotatable bonds is 3. The van der Waals surface area contributed by atoms with Crippen molar-refractivity contribution in [2.24, 2.45) is 5.92 Å². The van der Waals surface area contributed by atoms with E-state index in [1.54, 1.807) is 25.3 Å². The van der Waals surface area contributed by atoms with Gasteiger partial charge in [0.2, 0.25) is 0 Å². The van der Waals surface area contributed by atoms with Gasteiger partial charge in [-0.2, -0.15) is 0 Å². The number of hydrogen-bond donors (Lipinski definition) is 1. The Hall–Kier alpha value is -1.72. The van der Waals surface area contributed by atoms with Crippen LogP contribution in [0, 0.1) is 5.92 Å². The summed E-state index contributed by atoms with van der Waals surface area (Å²) >= 11 is 6.03. The number of halogens is 1. The highest BCUT2D eigenvalue weighted by atomic mass is 35.5. The molecular formula is C16H16ClNO4. The Bertz CT molecular complexity index is 741. The lowest BCUT2D eigenvalue weighted by atomic mass is 9.76. The number of nitrogens with one attached hydrogen (secondary N) is 1. The van der Waals surface area contributed by atoms with Crippen LogP contribution in [0.25, 0.3) is 11.0 Å². The van der Waals surface area contributed by atoms with Gasteiger partial charge in [0, 0.05) is 35.0 Å². The number of amides is 1. The van der Waals surface area contributed by atoms with Crippen LogP contribution in [0.2, 0.25) is 5.02 Å². The molecule has 116 valence electrons.